The van der Waals surface area contributed by atoms with E-state index in [2.05, 4.69) is 66.5 Å². The Morgan fingerprint density at radius 1 is 1.20 bits per heavy atom. The number of nitrogens with one attached hydrogen (secondary N) is 1. The topological polar surface area (TPSA) is 18.5 Å². The fraction of sp³-hybridized carbons (Fsp3) is 0.647. The Bertz CT molecular complexity index is 369. The van der Waals surface area contributed by atoms with Crippen molar-refractivity contribution < 1.29 is 0 Å². The number of piperidine rings is 1. The van der Waals surface area contributed by atoms with Crippen molar-refractivity contribution in [3.05, 3.63) is 35.9 Å². The highest BCUT2D eigenvalue weighted by atomic mass is 15.2. The molecule has 1 aliphatic rings. The van der Waals surface area contributed by atoms with Crippen LogP contribution in [0.25, 0.3) is 0 Å². The Morgan fingerprint density at radius 2 is 1.85 bits per heavy atom. The van der Waals surface area contributed by atoms with Crippen molar-refractivity contribution in [3.8, 4) is 0 Å². The molecule has 1 fully saturated rings. The monoisotopic (exact) mass is 275 g/mol. The van der Waals surface area contributed by atoms with Crippen LogP contribution >= 0.6 is 0 Å². The molecule has 3 heteroatoms. The summed E-state index contributed by atoms with van der Waals surface area (Å²) in [7, 11) is 4.30. The zero-order chi connectivity index (χ0) is 14.4. The van der Waals surface area contributed by atoms with Gasteiger partial charge in [-0.15, -0.1) is 0 Å². The van der Waals surface area contributed by atoms with Crippen LogP contribution in [-0.2, 0) is 6.54 Å². The van der Waals surface area contributed by atoms with Gasteiger partial charge in [-0.05, 0) is 52.5 Å². The van der Waals surface area contributed by atoms with Crippen LogP contribution in [0, 0.1) is 0 Å². The summed E-state index contributed by atoms with van der Waals surface area (Å²) in [6.07, 6.45) is 2.54. The van der Waals surface area contributed by atoms with Crippen molar-refractivity contribution in [3.63, 3.8) is 0 Å². The summed E-state index contributed by atoms with van der Waals surface area (Å²) in [5, 5.41) is 3.72. The first kappa shape index (κ1) is 15.5. The molecule has 1 aliphatic heterocycles. The molecule has 1 aromatic rings. The molecular weight excluding hydrogens is 246 g/mol. The SMILES string of the molecule is CC(CNC1CCN(Cc2ccccc2)CC1)N(C)C. The predicted octanol–water partition coefficient (Wildman–Crippen LogP) is 2.19. The number of likely N-dealkylation sites (N-methyl/N-ethyl adjacent to an activating group) is 1. The highest BCUT2D eigenvalue weighted by Gasteiger charge is 2.19. The van der Waals surface area contributed by atoms with Crippen LogP contribution in [0.2, 0.25) is 0 Å². The van der Waals surface area contributed by atoms with Gasteiger partial charge in [0.1, 0.15) is 0 Å². The molecule has 1 atom stereocenters. The lowest BCUT2D eigenvalue weighted by Crippen LogP contribution is -2.46. The molecule has 0 bridgehead atoms. The number of hydrogen-bond acceptors (Lipinski definition) is 3. The van der Waals surface area contributed by atoms with Crippen LogP contribution in [-0.4, -0.2) is 55.6 Å². The molecule has 1 N–H and O–H groups in total. The Balaban J connectivity index is 1.67. The molecular formula is C17H29N3. The van der Waals surface area contributed by atoms with Gasteiger partial charge in [0.25, 0.3) is 0 Å². The summed E-state index contributed by atoms with van der Waals surface area (Å²) in [6.45, 7) is 6.89. The zero-order valence-electron chi connectivity index (χ0n) is 13.2. The molecule has 20 heavy (non-hydrogen) atoms. The van der Waals surface area contributed by atoms with E-state index < -0.39 is 0 Å². The van der Waals surface area contributed by atoms with Gasteiger partial charge in [0.05, 0.1) is 0 Å². The predicted molar refractivity (Wildman–Crippen MR) is 85.9 cm³/mol. The Hall–Kier alpha value is -0.900. The van der Waals surface area contributed by atoms with Crippen molar-refractivity contribution in [2.75, 3.05) is 33.7 Å². The Kier molecular flexibility index (Phi) is 6.02. The van der Waals surface area contributed by atoms with E-state index in [1.165, 1.54) is 31.5 Å². The lowest BCUT2D eigenvalue weighted by Gasteiger charge is -2.33. The van der Waals surface area contributed by atoms with E-state index >= 15 is 0 Å². The fourth-order valence-electron chi connectivity index (χ4n) is 2.66. The molecule has 1 unspecified atom stereocenters. The third kappa shape index (κ3) is 4.89. The fourth-order valence-corrected chi connectivity index (χ4v) is 2.66. The second-order valence-corrected chi connectivity index (χ2v) is 6.26. The van der Waals surface area contributed by atoms with E-state index in [-0.39, 0.29) is 0 Å². The van der Waals surface area contributed by atoms with E-state index in [1.54, 1.807) is 0 Å². The molecule has 2 rings (SSSR count). The number of rotatable bonds is 6. The van der Waals surface area contributed by atoms with Crippen molar-refractivity contribution in [1.82, 2.24) is 15.1 Å². The summed E-state index contributed by atoms with van der Waals surface area (Å²) >= 11 is 0. The summed E-state index contributed by atoms with van der Waals surface area (Å²) in [5.74, 6) is 0. The number of likely N-dealkylation sites (tertiary alicyclic amines) is 1. The van der Waals surface area contributed by atoms with Crippen LogP contribution in [0.5, 0.6) is 0 Å². The van der Waals surface area contributed by atoms with E-state index in [9.17, 15) is 0 Å². The van der Waals surface area contributed by atoms with Gasteiger partial charge in [-0.25, -0.2) is 0 Å². The highest BCUT2D eigenvalue weighted by Crippen LogP contribution is 2.13. The van der Waals surface area contributed by atoms with Crippen molar-refractivity contribution in [1.29, 1.82) is 0 Å². The minimum absolute atomic E-state index is 0.609. The van der Waals surface area contributed by atoms with Gasteiger partial charge >= 0.3 is 0 Å². The van der Waals surface area contributed by atoms with E-state index in [0.717, 1.165) is 13.1 Å². The standard InChI is InChI=1S/C17H29N3/c1-15(19(2)3)13-18-17-9-11-20(12-10-17)14-16-7-5-4-6-8-16/h4-8,15,17-18H,9-14H2,1-3H3. The maximum Gasteiger partial charge on any atom is 0.0233 e. The molecule has 0 saturated carbocycles. The minimum atomic E-state index is 0.609. The van der Waals surface area contributed by atoms with Gasteiger partial charge < -0.3 is 10.2 Å². The number of hydrogen-bond donors (Lipinski definition) is 1. The molecule has 0 radical (unpaired) electrons. The van der Waals surface area contributed by atoms with Gasteiger partial charge in [0.2, 0.25) is 0 Å². The molecule has 0 aliphatic carbocycles. The minimum Gasteiger partial charge on any atom is -0.312 e. The normalized spacial score (nSPS) is 19.4. The second kappa shape index (κ2) is 7.77. The van der Waals surface area contributed by atoms with Gasteiger partial charge in [-0.1, -0.05) is 30.3 Å². The smallest absolute Gasteiger partial charge is 0.0233 e. The second-order valence-electron chi connectivity index (χ2n) is 6.26. The van der Waals surface area contributed by atoms with Crippen molar-refractivity contribution in [2.45, 2.75) is 38.4 Å². The van der Waals surface area contributed by atoms with Crippen LogP contribution in [0.3, 0.4) is 0 Å². The summed E-state index contributed by atoms with van der Waals surface area (Å²) < 4.78 is 0. The van der Waals surface area contributed by atoms with Crippen molar-refractivity contribution >= 4 is 0 Å². The first-order chi connectivity index (χ1) is 9.65. The maximum absolute atomic E-state index is 3.72. The van der Waals surface area contributed by atoms with Gasteiger partial charge in [-0.2, -0.15) is 0 Å². The van der Waals surface area contributed by atoms with E-state index in [4.69, 9.17) is 0 Å². The van der Waals surface area contributed by atoms with Crippen LogP contribution in [0.15, 0.2) is 30.3 Å². The zero-order valence-corrected chi connectivity index (χ0v) is 13.2. The first-order valence-electron chi connectivity index (χ1n) is 7.81. The molecule has 1 heterocycles. The number of nitrogens with zero attached hydrogens (tertiary/aromatic N) is 2. The van der Waals surface area contributed by atoms with E-state index in [1.807, 2.05) is 0 Å². The highest BCUT2D eigenvalue weighted by molar-refractivity contribution is 5.14. The summed E-state index contributed by atoms with van der Waals surface area (Å²) in [4.78, 5) is 4.85. The molecule has 1 aromatic carbocycles. The molecule has 0 spiro atoms. The molecule has 0 amide bonds. The maximum atomic E-state index is 3.72. The van der Waals surface area contributed by atoms with Crippen LogP contribution < -0.4 is 5.32 Å². The summed E-state index contributed by atoms with van der Waals surface area (Å²) in [6, 6.07) is 12.1. The number of benzene rings is 1. The molecule has 1 saturated heterocycles. The average molecular weight is 275 g/mol. The van der Waals surface area contributed by atoms with Crippen molar-refractivity contribution in [2.24, 2.45) is 0 Å². The quantitative estimate of drug-likeness (QED) is 0.858. The largest absolute Gasteiger partial charge is 0.312 e. The lowest BCUT2D eigenvalue weighted by molar-refractivity contribution is 0.184. The molecule has 0 aromatic heterocycles. The molecule has 3 nitrogen and oxygen atoms in total. The van der Waals surface area contributed by atoms with Gasteiger partial charge in [0, 0.05) is 25.2 Å². The Morgan fingerprint density at radius 3 is 2.45 bits per heavy atom. The molecule has 112 valence electrons. The van der Waals surface area contributed by atoms with Crippen LogP contribution in [0.4, 0.5) is 0 Å². The van der Waals surface area contributed by atoms with Crippen LogP contribution in [0.1, 0.15) is 25.3 Å². The van der Waals surface area contributed by atoms with E-state index in [0.29, 0.717) is 12.1 Å². The average Bonchev–Trinajstić information content (AvgIpc) is 2.47. The summed E-state index contributed by atoms with van der Waals surface area (Å²) in [5.41, 5.74) is 1.43. The Labute approximate surface area is 124 Å². The third-order valence-electron chi connectivity index (χ3n) is 4.42. The van der Waals surface area contributed by atoms with Gasteiger partial charge in [-0.3, -0.25) is 4.90 Å². The first-order valence-corrected chi connectivity index (χ1v) is 7.81. The lowest BCUT2D eigenvalue weighted by atomic mass is 10.0. The van der Waals surface area contributed by atoms with Gasteiger partial charge in [0.15, 0.2) is 0 Å². The third-order valence-corrected chi connectivity index (χ3v) is 4.42.